The van der Waals surface area contributed by atoms with Crippen LogP contribution in [-0.2, 0) is 27.5 Å². The summed E-state index contributed by atoms with van der Waals surface area (Å²) in [6, 6.07) is 5.24. The highest BCUT2D eigenvalue weighted by atomic mass is 19.1. The molecule has 2 aromatic rings. The zero-order valence-electron chi connectivity index (χ0n) is 26.3. The molecule has 0 saturated heterocycles. The molecule has 2 fully saturated rings. The van der Waals surface area contributed by atoms with Gasteiger partial charge in [0.05, 0.1) is 17.4 Å². The molecular weight excluding hydrogens is 547 g/mol. The van der Waals surface area contributed by atoms with Crippen molar-refractivity contribution in [2.75, 3.05) is 11.9 Å². The van der Waals surface area contributed by atoms with Crippen LogP contribution in [0, 0.1) is 23.1 Å². The lowest BCUT2D eigenvalue weighted by Crippen LogP contribution is -2.50. The van der Waals surface area contributed by atoms with E-state index >= 15 is 4.39 Å². The minimum Gasteiger partial charge on any atom is -0.354 e. The molecule has 4 N–H and O–H groups in total. The van der Waals surface area contributed by atoms with E-state index in [0.29, 0.717) is 24.6 Å². The second-order valence-corrected chi connectivity index (χ2v) is 13.0. The maximum absolute atomic E-state index is 15.5. The van der Waals surface area contributed by atoms with Gasteiger partial charge in [0.1, 0.15) is 11.9 Å². The van der Waals surface area contributed by atoms with Crippen molar-refractivity contribution in [1.82, 2.24) is 25.7 Å². The van der Waals surface area contributed by atoms with E-state index in [4.69, 9.17) is 0 Å². The first kappa shape index (κ1) is 32.6. The van der Waals surface area contributed by atoms with Crippen LogP contribution in [0.1, 0.15) is 96.7 Å². The Labute approximate surface area is 255 Å². The van der Waals surface area contributed by atoms with E-state index in [1.54, 1.807) is 32.2 Å². The molecule has 0 spiro atoms. The summed E-state index contributed by atoms with van der Waals surface area (Å²) in [7, 11) is 0. The largest absolute Gasteiger partial charge is 0.354 e. The maximum atomic E-state index is 15.5. The highest BCUT2D eigenvalue weighted by Gasteiger charge is 2.38. The van der Waals surface area contributed by atoms with Gasteiger partial charge in [-0.15, -0.1) is 0 Å². The molecule has 0 radical (unpaired) electrons. The van der Waals surface area contributed by atoms with Crippen LogP contribution in [0.15, 0.2) is 30.5 Å². The summed E-state index contributed by atoms with van der Waals surface area (Å²) in [5.41, 5.74) is 1.77. The zero-order valence-corrected chi connectivity index (χ0v) is 26.3. The van der Waals surface area contributed by atoms with Crippen LogP contribution in [-0.4, -0.2) is 46.1 Å². The molecule has 2 saturated carbocycles. The van der Waals surface area contributed by atoms with Crippen molar-refractivity contribution in [2.45, 2.75) is 111 Å². The van der Waals surface area contributed by atoms with Gasteiger partial charge in [-0.1, -0.05) is 46.6 Å². The Hall–Kier alpha value is -3.27. The number of benzene rings is 1. The maximum Gasteiger partial charge on any atom is 0.243 e. The lowest BCUT2D eigenvalue weighted by molar-refractivity contribution is -0.129. The molecule has 0 bridgehead atoms. The van der Waals surface area contributed by atoms with E-state index in [9.17, 15) is 14.4 Å². The number of halogens is 1. The number of aromatic nitrogens is 2. The van der Waals surface area contributed by atoms with Gasteiger partial charge in [-0.3, -0.25) is 24.4 Å². The molecule has 3 atom stereocenters. The molecule has 0 aliphatic heterocycles. The number of hydrogen-bond acceptors (Lipinski definition) is 5. The number of carbonyl (C=O) groups is 3. The molecule has 0 unspecified atom stereocenters. The first-order valence-electron chi connectivity index (χ1n) is 15.9. The van der Waals surface area contributed by atoms with Crippen molar-refractivity contribution in [2.24, 2.45) is 17.3 Å². The minimum atomic E-state index is -0.839. The van der Waals surface area contributed by atoms with E-state index in [2.05, 4.69) is 40.2 Å². The number of anilines is 1. The summed E-state index contributed by atoms with van der Waals surface area (Å²) < 4.78 is 17.4. The SMILES string of the molecule is CCC(=O)N[C@@H](C(=O)NCC1(C)CC1)[C@@H](C)c1ccc(NC(=O)[C@@H](NCc2ccnn2CC)C2CCC(C)CC2)c(F)c1. The smallest absolute Gasteiger partial charge is 0.243 e. The molecule has 10 heteroatoms. The summed E-state index contributed by atoms with van der Waals surface area (Å²) in [4.78, 5) is 39.0. The Morgan fingerprint density at radius 1 is 1.09 bits per heavy atom. The number of carbonyl (C=O) groups excluding carboxylic acids is 3. The third kappa shape index (κ3) is 8.65. The van der Waals surface area contributed by atoms with Gasteiger partial charge in [0.25, 0.3) is 0 Å². The topological polar surface area (TPSA) is 117 Å². The molecule has 43 heavy (non-hydrogen) atoms. The van der Waals surface area contributed by atoms with Crippen LogP contribution in [0.3, 0.4) is 0 Å². The minimum absolute atomic E-state index is 0.0933. The molecule has 2 aliphatic rings. The predicted molar refractivity (Wildman–Crippen MR) is 166 cm³/mol. The Morgan fingerprint density at radius 3 is 2.44 bits per heavy atom. The highest BCUT2D eigenvalue weighted by Crippen LogP contribution is 2.44. The van der Waals surface area contributed by atoms with Gasteiger partial charge < -0.3 is 16.0 Å². The fourth-order valence-electron chi connectivity index (χ4n) is 5.91. The van der Waals surface area contributed by atoms with Gasteiger partial charge in [0, 0.05) is 38.2 Å². The van der Waals surface area contributed by atoms with Crippen LogP contribution in [0.25, 0.3) is 0 Å². The van der Waals surface area contributed by atoms with Gasteiger partial charge in [-0.05, 0) is 73.6 Å². The van der Waals surface area contributed by atoms with Crippen molar-refractivity contribution in [1.29, 1.82) is 0 Å². The summed E-state index contributed by atoms with van der Waals surface area (Å²) in [5, 5.41) is 16.4. The quantitative estimate of drug-likeness (QED) is 0.248. The van der Waals surface area contributed by atoms with Gasteiger partial charge in [-0.25, -0.2) is 4.39 Å². The lowest BCUT2D eigenvalue weighted by atomic mass is 9.79. The normalized spacial score (nSPS) is 21.3. The van der Waals surface area contributed by atoms with Crippen LogP contribution >= 0.6 is 0 Å². The molecule has 9 nitrogen and oxygen atoms in total. The Morgan fingerprint density at radius 2 is 1.81 bits per heavy atom. The lowest BCUT2D eigenvalue weighted by Gasteiger charge is -2.32. The predicted octanol–water partition coefficient (Wildman–Crippen LogP) is 4.88. The first-order chi connectivity index (χ1) is 20.5. The third-order valence-corrected chi connectivity index (χ3v) is 9.41. The van der Waals surface area contributed by atoms with E-state index in [-0.39, 0.29) is 41.2 Å². The number of nitrogens with one attached hydrogen (secondary N) is 4. The number of aryl methyl sites for hydroxylation is 1. The van der Waals surface area contributed by atoms with Crippen LogP contribution in [0.2, 0.25) is 0 Å². The van der Waals surface area contributed by atoms with Crippen molar-refractivity contribution in [3.63, 3.8) is 0 Å². The Kier molecular flexibility index (Phi) is 11.0. The number of amides is 3. The highest BCUT2D eigenvalue weighted by molar-refractivity contribution is 5.95. The summed E-state index contributed by atoms with van der Waals surface area (Å²) in [6.45, 7) is 11.7. The average molecular weight is 597 g/mol. The van der Waals surface area contributed by atoms with E-state index in [1.807, 2.05) is 17.7 Å². The molecule has 236 valence electrons. The average Bonchev–Trinajstić information content (AvgIpc) is 3.56. The van der Waals surface area contributed by atoms with E-state index in [1.165, 1.54) is 6.07 Å². The summed E-state index contributed by atoms with van der Waals surface area (Å²) in [5.74, 6) is -1.06. The Balaban J connectivity index is 1.47. The van der Waals surface area contributed by atoms with Gasteiger partial charge in [0.2, 0.25) is 17.7 Å². The van der Waals surface area contributed by atoms with Crippen molar-refractivity contribution in [3.05, 3.63) is 47.5 Å². The monoisotopic (exact) mass is 596 g/mol. The molecular formula is C33H49FN6O3. The summed E-state index contributed by atoms with van der Waals surface area (Å²) in [6.07, 6.45) is 8.11. The van der Waals surface area contributed by atoms with Gasteiger partial charge in [0.15, 0.2) is 0 Å². The van der Waals surface area contributed by atoms with Gasteiger partial charge in [-0.2, -0.15) is 5.10 Å². The van der Waals surface area contributed by atoms with Crippen molar-refractivity contribution in [3.8, 4) is 0 Å². The van der Waals surface area contributed by atoms with Crippen LogP contribution in [0.4, 0.5) is 10.1 Å². The molecule has 2 aliphatic carbocycles. The second kappa shape index (κ2) is 14.5. The number of nitrogens with zero attached hydrogens (tertiary/aromatic N) is 2. The van der Waals surface area contributed by atoms with Crippen molar-refractivity contribution >= 4 is 23.4 Å². The number of rotatable bonds is 14. The molecule has 1 aromatic carbocycles. The van der Waals surface area contributed by atoms with Crippen LogP contribution < -0.4 is 21.3 Å². The Bertz CT molecular complexity index is 1270. The zero-order chi connectivity index (χ0) is 31.1. The standard InChI is InChI=1S/C33H49FN6O3/c1-6-28(41)39-29(31(42)36-20-33(5)15-16-33)22(4)24-12-13-27(26(34)18-24)38-32(43)30(23-10-8-21(3)9-11-23)35-19-25-14-17-37-40(25)7-2/h12-14,17-18,21-23,29-30,35H,6-11,15-16,19-20H2,1-5H3,(H,36,42)(H,38,43)(H,39,41)/t21?,22-,23?,29+,30-/m0/s1. The first-order valence-corrected chi connectivity index (χ1v) is 15.9. The molecule has 3 amide bonds. The van der Waals surface area contributed by atoms with Gasteiger partial charge >= 0.3 is 0 Å². The molecule has 4 rings (SSSR count). The second-order valence-electron chi connectivity index (χ2n) is 13.0. The fourth-order valence-corrected chi connectivity index (χ4v) is 5.91. The molecule has 1 heterocycles. The van der Waals surface area contributed by atoms with Crippen LogP contribution in [0.5, 0.6) is 0 Å². The van der Waals surface area contributed by atoms with E-state index < -0.39 is 23.8 Å². The van der Waals surface area contributed by atoms with Crippen molar-refractivity contribution < 1.29 is 18.8 Å². The number of hydrogen-bond donors (Lipinski definition) is 4. The third-order valence-electron chi connectivity index (χ3n) is 9.41. The van der Waals surface area contributed by atoms with E-state index in [0.717, 1.165) is 50.8 Å². The fraction of sp³-hybridized carbons (Fsp3) is 0.636. The molecule has 1 aromatic heterocycles. The summed E-state index contributed by atoms with van der Waals surface area (Å²) >= 11 is 0.